The molecular formula is C19H26O5. The quantitative estimate of drug-likeness (QED) is 0.834. The molecule has 1 N–H and O–H groups in total. The molecule has 2 rings (SSSR count). The van der Waals surface area contributed by atoms with Crippen molar-refractivity contribution in [1.29, 1.82) is 0 Å². The number of phenols is 1. The van der Waals surface area contributed by atoms with Gasteiger partial charge in [-0.05, 0) is 54.9 Å². The third kappa shape index (κ3) is 4.98. The van der Waals surface area contributed by atoms with Crippen molar-refractivity contribution >= 4 is 11.9 Å². The van der Waals surface area contributed by atoms with Crippen LogP contribution in [-0.2, 0) is 14.3 Å². The highest BCUT2D eigenvalue weighted by atomic mass is 16.6. The summed E-state index contributed by atoms with van der Waals surface area (Å²) in [5, 5.41) is 9.20. The van der Waals surface area contributed by atoms with Crippen LogP contribution in [0.25, 0.3) is 0 Å². The van der Waals surface area contributed by atoms with Crippen LogP contribution in [-0.4, -0.2) is 29.8 Å². The van der Waals surface area contributed by atoms with E-state index in [1.807, 2.05) is 0 Å². The number of ether oxygens (including phenoxy) is 2. The molecule has 0 radical (unpaired) electrons. The predicted molar refractivity (Wildman–Crippen MR) is 89.6 cm³/mol. The van der Waals surface area contributed by atoms with Crippen LogP contribution >= 0.6 is 0 Å². The minimum Gasteiger partial charge on any atom is -0.508 e. The Morgan fingerprint density at radius 1 is 1.21 bits per heavy atom. The van der Waals surface area contributed by atoms with Crippen LogP contribution in [0.15, 0.2) is 24.3 Å². The minimum absolute atomic E-state index is 0.0668. The molecule has 5 nitrogen and oxygen atoms in total. The maximum Gasteiger partial charge on any atom is 0.344 e. The molecule has 1 aromatic carbocycles. The number of hydrogen-bond acceptors (Lipinski definition) is 5. The maximum absolute atomic E-state index is 12.0. The lowest BCUT2D eigenvalue weighted by molar-refractivity contribution is -0.159. The Kier molecular flexibility index (Phi) is 6.23. The van der Waals surface area contributed by atoms with Gasteiger partial charge in [0.15, 0.2) is 6.61 Å². The zero-order valence-corrected chi connectivity index (χ0v) is 14.5. The van der Waals surface area contributed by atoms with E-state index < -0.39 is 18.5 Å². The molecule has 0 spiro atoms. The Hall–Kier alpha value is -2.04. The fourth-order valence-corrected chi connectivity index (χ4v) is 3.26. The Balaban J connectivity index is 1.85. The van der Waals surface area contributed by atoms with Crippen LogP contribution < -0.4 is 0 Å². The summed E-state index contributed by atoms with van der Waals surface area (Å²) >= 11 is 0. The molecule has 1 aliphatic rings. The SMILES string of the molecule is CC(C)[C@@H]1CC[C@H](C)C[C@H]1OC(=O)COC(=O)c1ccc(O)cc1. The topological polar surface area (TPSA) is 72.8 Å². The summed E-state index contributed by atoms with van der Waals surface area (Å²) in [5.41, 5.74) is 0.284. The average Bonchev–Trinajstić information content (AvgIpc) is 2.53. The second-order valence-electron chi connectivity index (χ2n) is 6.98. The number of carbonyl (C=O) groups is 2. The van der Waals surface area contributed by atoms with Gasteiger partial charge in [0, 0.05) is 0 Å². The van der Waals surface area contributed by atoms with Gasteiger partial charge in [-0.2, -0.15) is 0 Å². The van der Waals surface area contributed by atoms with E-state index in [4.69, 9.17) is 9.47 Å². The van der Waals surface area contributed by atoms with Crippen LogP contribution in [0.4, 0.5) is 0 Å². The van der Waals surface area contributed by atoms with Gasteiger partial charge in [0.05, 0.1) is 5.56 Å². The molecule has 24 heavy (non-hydrogen) atoms. The highest BCUT2D eigenvalue weighted by Crippen LogP contribution is 2.35. The summed E-state index contributed by atoms with van der Waals surface area (Å²) in [6.45, 7) is 6.07. The largest absolute Gasteiger partial charge is 0.508 e. The second-order valence-corrected chi connectivity index (χ2v) is 6.98. The molecule has 0 unspecified atom stereocenters. The standard InChI is InChI=1S/C19H26O5/c1-12(2)16-9-4-13(3)10-17(16)24-18(21)11-23-19(22)14-5-7-15(20)8-6-14/h5-8,12-13,16-17,20H,4,9-11H2,1-3H3/t13-,16-,17+/m0/s1. The fraction of sp³-hybridized carbons (Fsp3) is 0.579. The molecule has 0 amide bonds. The lowest BCUT2D eigenvalue weighted by atomic mass is 9.75. The summed E-state index contributed by atoms with van der Waals surface area (Å²) in [6.07, 6.45) is 2.98. The predicted octanol–water partition coefficient (Wildman–Crippen LogP) is 3.55. The van der Waals surface area contributed by atoms with Gasteiger partial charge in [-0.15, -0.1) is 0 Å². The number of carbonyl (C=O) groups excluding carboxylic acids is 2. The molecule has 3 atom stereocenters. The molecule has 132 valence electrons. The van der Waals surface area contributed by atoms with Gasteiger partial charge in [0.2, 0.25) is 0 Å². The van der Waals surface area contributed by atoms with Gasteiger partial charge in [-0.3, -0.25) is 0 Å². The number of rotatable bonds is 5. The highest BCUT2D eigenvalue weighted by Gasteiger charge is 2.33. The zero-order chi connectivity index (χ0) is 17.7. The molecule has 1 fully saturated rings. The number of phenolic OH excluding ortho intramolecular Hbond substituents is 1. The fourth-order valence-electron chi connectivity index (χ4n) is 3.26. The molecule has 1 saturated carbocycles. The van der Waals surface area contributed by atoms with Crippen molar-refractivity contribution in [3.63, 3.8) is 0 Å². The van der Waals surface area contributed by atoms with E-state index in [0.717, 1.165) is 19.3 Å². The Labute approximate surface area is 143 Å². The molecule has 0 bridgehead atoms. The second kappa shape index (κ2) is 8.18. The van der Waals surface area contributed by atoms with Gasteiger partial charge in [0.1, 0.15) is 11.9 Å². The summed E-state index contributed by atoms with van der Waals surface area (Å²) in [6, 6.07) is 5.68. The van der Waals surface area contributed by atoms with Crippen molar-refractivity contribution < 1.29 is 24.2 Å². The van der Waals surface area contributed by atoms with Crippen molar-refractivity contribution in [2.45, 2.75) is 46.1 Å². The van der Waals surface area contributed by atoms with E-state index in [0.29, 0.717) is 17.8 Å². The van der Waals surface area contributed by atoms with Crippen molar-refractivity contribution in [2.75, 3.05) is 6.61 Å². The maximum atomic E-state index is 12.0. The third-order valence-corrected chi connectivity index (χ3v) is 4.67. The lowest BCUT2D eigenvalue weighted by Gasteiger charge is -2.36. The van der Waals surface area contributed by atoms with Gasteiger partial charge in [0.25, 0.3) is 0 Å². The third-order valence-electron chi connectivity index (χ3n) is 4.67. The summed E-state index contributed by atoms with van der Waals surface area (Å²) in [4.78, 5) is 23.9. The molecule has 5 heteroatoms. The lowest BCUT2D eigenvalue weighted by Crippen LogP contribution is -2.36. The summed E-state index contributed by atoms with van der Waals surface area (Å²) in [7, 11) is 0. The van der Waals surface area contributed by atoms with Gasteiger partial charge < -0.3 is 14.6 Å². The van der Waals surface area contributed by atoms with Gasteiger partial charge >= 0.3 is 11.9 Å². The number of aromatic hydroxyl groups is 1. The first kappa shape index (κ1) is 18.3. The molecule has 1 aromatic rings. The molecule has 0 aromatic heterocycles. The number of hydrogen-bond donors (Lipinski definition) is 1. The Bertz CT molecular complexity index is 564. The van der Waals surface area contributed by atoms with Crippen LogP contribution in [0.2, 0.25) is 0 Å². The van der Waals surface area contributed by atoms with E-state index in [9.17, 15) is 14.7 Å². The van der Waals surface area contributed by atoms with E-state index in [1.165, 1.54) is 24.3 Å². The summed E-state index contributed by atoms with van der Waals surface area (Å²) < 4.78 is 10.6. The minimum atomic E-state index is -0.607. The van der Waals surface area contributed by atoms with Crippen LogP contribution in [0, 0.1) is 17.8 Å². The molecule has 0 heterocycles. The number of esters is 2. The zero-order valence-electron chi connectivity index (χ0n) is 14.5. The van der Waals surface area contributed by atoms with E-state index in [1.54, 1.807) is 0 Å². The van der Waals surface area contributed by atoms with Crippen molar-refractivity contribution in [2.24, 2.45) is 17.8 Å². The molecular weight excluding hydrogens is 308 g/mol. The van der Waals surface area contributed by atoms with Crippen molar-refractivity contribution in [3.05, 3.63) is 29.8 Å². The average molecular weight is 334 g/mol. The van der Waals surface area contributed by atoms with E-state index in [2.05, 4.69) is 20.8 Å². The van der Waals surface area contributed by atoms with Gasteiger partial charge in [-0.1, -0.05) is 27.2 Å². The Morgan fingerprint density at radius 2 is 1.88 bits per heavy atom. The van der Waals surface area contributed by atoms with Crippen LogP contribution in [0.3, 0.4) is 0 Å². The molecule has 1 aliphatic carbocycles. The first-order valence-electron chi connectivity index (χ1n) is 8.52. The summed E-state index contributed by atoms with van der Waals surface area (Å²) in [5.74, 6) is 0.304. The highest BCUT2D eigenvalue weighted by molar-refractivity contribution is 5.90. The molecule has 0 saturated heterocycles. The number of benzene rings is 1. The van der Waals surface area contributed by atoms with Gasteiger partial charge in [-0.25, -0.2) is 9.59 Å². The van der Waals surface area contributed by atoms with Crippen LogP contribution in [0.5, 0.6) is 5.75 Å². The normalized spacial score (nSPS) is 23.8. The smallest absolute Gasteiger partial charge is 0.344 e. The van der Waals surface area contributed by atoms with Crippen molar-refractivity contribution in [1.82, 2.24) is 0 Å². The Morgan fingerprint density at radius 3 is 2.50 bits per heavy atom. The first-order chi connectivity index (χ1) is 11.4. The van der Waals surface area contributed by atoms with E-state index in [-0.39, 0.29) is 17.4 Å². The molecule has 0 aliphatic heterocycles. The monoisotopic (exact) mass is 334 g/mol. The van der Waals surface area contributed by atoms with Crippen LogP contribution in [0.1, 0.15) is 50.4 Å². The van der Waals surface area contributed by atoms with Crippen molar-refractivity contribution in [3.8, 4) is 5.75 Å². The van der Waals surface area contributed by atoms with E-state index >= 15 is 0 Å². The first-order valence-corrected chi connectivity index (χ1v) is 8.52.